The number of cyclic esters (lactones) is 1. The first-order valence-electron chi connectivity index (χ1n) is 5.35. The van der Waals surface area contributed by atoms with Crippen LogP contribution in [0.15, 0.2) is 0 Å². The first kappa shape index (κ1) is 9.77. The molecule has 1 saturated heterocycles. The largest absolute Gasteiger partial charge is 0.449 e. The van der Waals surface area contributed by atoms with Crippen LogP contribution in [0.1, 0.15) is 25.7 Å². The van der Waals surface area contributed by atoms with Gasteiger partial charge in [0.05, 0.1) is 13.2 Å². The molecule has 0 aromatic rings. The quantitative estimate of drug-likeness (QED) is 0.721. The molecular weight excluding hydrogens is 182 g/mol. The Labute approximate surface area is 83.8 Å². The Kier molecular flexibility index (Phi) is 2.91. The molecule has 1 heterocycles. The molecule has 0 radical (unpaired) electrons. The lowest BCUT2D eigenvalue weighted by Crippen LogP contribution is -2.48. The number of carbonyl (C=O) groups is 1. The molecule has 1 aliphatic heterocycles. The van der Waals surface area contributed by atoms with E-state index in [1.54, 1.807) is 4.90 Å². The summed E-state index contributed by atoms with van der Waals surface area (Å²) in [5, 5.41) is 9.02. The molecule has 1 unspecified atom stereocenters. The number of carbonyl (C=O) groups excluding carboxylic acids is 1. The highest BCUT2D eigenvalue weighted by Crippen LogP contribution is 2.26. The Balaban J connectivity index is 1.96. The Morgan fingerprint density at radius 2 is 2.14 bits per heavy atom. The van der Waals surface area contributed by atoms with Crippen molar-refractivity contribution in [3.05, 3.63) is 0 Å². The van der Waals surface area contributed by atoms with E-state index in [0.717, 1.165) is 12.8 Å². The molecule has 0 aromatic carbocycles. The lowest BCUT2D eigenvalue weighted by Gasteiger charge is -2.35. The fraction of sp³-hybridized carbons (Fsp3) is 0.900. The fourth-order valence-corrected chi connectivity index (χ4v) is 2.30. The van der Waals surface area contributed by atoms with Gasteiger partial charge in [-0.25, -0.2) is 4.79 Å². The van der Waals surface area contributed by atoms with E-state index in [1.807, 2.05) is 0 Å². The van der Waals surface area contributed by atoms with Gasteiger partial charge in [0.25, 0.3) is 0 Å². The molecule has 1 saturated carbocycles. The number of nitrogens with zero attached hydrogens (tertiary/aromatic N) is 1. The van der Waals surface area contributed by atoms with Crippen molar-refractivity contribution in [2.75, 3.05) is 19.8 Å². The predicted molar refractivity (Wildman–Crippen MR) is 50.9 cm³/mol. The zero-order chi connectivity index (χ0) is 9.97. The van der Waals surface area contributed by atoms with Crippen molar-refractivity contribution in [2.24, 2.45) is 5.92 Å². The van der Waals surface area contributed by atoms with Crippen LogP contribution >= 0.6 is 0 Å². The maximum atomic E-state index is 11.5. The Morgan fingerprint density at radius 3 is 2.79 bits per heavy atom. The molecule has 1 N–H and O–H groups in total. The average Bonchev–Trinajstić information content (AvgIpc) is 2.71. The Morgan fingerprint density at radius 1 is 1.43 bits per heavy atom. The third-order valence-corrected chi connectivity index (χ3v) is 3.16. The number of hydrogen-bond acceptors (Lipinski definition) is 3. The van der Waals surface area contributed by atoms with Gasteiger partial charge in [-0.2, -0.15) is 0 Å². The lowest BCUT2D eigenvalue weighted by molar-refractivity contribution is 0.0108. The van der Waals surface area contributed by atoms with Crippen molar-refractivity contribution in [3.63, 3.8) is 0 Å². The van der Waals surface area contributed by atoms with E-state index in [0.29, 0.717) is 19.2 Å². The molecule has 0 aromatic heterocycles. The van der Waals surface area contributed by atoms with E-state index in [9.17, 15) is 4.79 Å². The van der Waals surface area contributed by atoms with Crippen molar-refractivity contribution < 1.29 is 14.6 Å². The first-order chi connectivity index (χ1) is 6.81. The summed E-state index contributed by atoms with van der Waals surface area (Å²) in [4.78, 5) is 13.3. The normalized spacial score (nSPS) is 29.4. The molecule has 0 bridgehead atoms. The molecule has 1 amide bonds. The smallest absolute Gasteiger partial charge is 0.410 e. The molecule has 4 heteroatoms. The van der Waals surface area contributed by atoms with Crippen LogP contribution in [0, 0.1) is 5.92 Å². The van der Waals surface area contributed by atoms with E-state index in [1.165, 1.54) is 12.8 Å². The van der Waals surface area contributed by atoms with Gasteiger partial charge in [-0.3, -0.25) is 0 Å². The number of amides is 1. The van der Waals surface area contributed by atoms with Crippen molar-refractivity contribution in [1.82, 2.24) is 4.90 Å². The standard InChI is InChI=1S/C10H17NO3/c12-6-8-5-11(10(13)14-7-8)9-3-1-2-4-9/h8-9,12H,1-7H2. The van der Waals surface area contributed by atoms with Crippen LogP contribution in [0.2, 0.25) is 0 Å². The van der Waals surface area contributed by atoms with Crippen molar-refractivity contribution in [2.45, 2.75) is 31.7 Å². The minimum Gasteiger partial charge on any atom is -0.449 e. The first-order valence-corrected chi connectivity index (χ1v) is 5.35. The van der Waals surface area contributed by atoms with E-state index in [2.05, 4.69) is 0 Å². The minimum atomic E-state index is -0.193. The number of rotatable bonds is 2. The average molecular weight is 199 g/mol. The van der Waals surface area contributed by atoms with Gasteiger partial charge in [-0.05, 0) is 12.8 Å². The second kappa shape index (κ2) is 4.17. The third-order valence-electron chi connectivity index (χ3n) is 3.16. The van der Waals surface area contributed by atoms with E-state index >= 15 is 0 Å². The summed E-state index contributed by atoms with van der Waals surface area (Å²) < 4.78 is 5.03. The Hall–Kier alpha value is -0.770. The second-order valence-electron chi connectivity index (χ2n) is 4.22. The molecule has 4 nitrogen and oxygen atoms in total. The van der Waals surface area contributed by atoms with Gasteiger partial charge in [0.2, 0.25) is 0 Å². The van der Waals surface area contributed by atoms with Crippen LogP contribution < -0.4 is 0 Å². The number of aliphatic hydroxyl groups excluding tert-OH is 1. The number of ether oxygens (including phenoxy) is 1. The summed E-state index contributed by atoms with van der Waals surface area (Å²) in [7, 11) is 0. The summed E-state index contributed by atoms with van der Waals surface area (Å²) in [5.41, 5.74) is 0. The van der Waals surface area contributed by atoms with Gasteiger partial charge in [-0.15, -0.1) is 0 Å². The minimum absolute atomic E-state index is 0.105. The van der Waals surface area contributed by atoms with Crippen LogP contribution in [0.5, 0.6) is 0 Å². The van der Waals surface area contributed by atoms with Gasteiger partial charge in [-0.1, -0.05) is 12.8 Å². The van der Waals surface area contributed by atoms with Gasteiger partial charge in [0.1, 0.15) is 0 Å². The highest BCUT2D eigenvalue weighted by Gasteiger charge is 2.33. The highest BCUT2D eigenvalue weighted by atomic mass is 16.6. The number of aliphatic hydroxyl groups is 1. The molecular formula is C10H17NO3. The summed E-state index contributed by atoms with van der Waals surface area (Å²) in [6.07, 6.45) is 4.40. The summed E-state index contributed by atoms with van der Waals surface area (Å²) >= 11 is 0. The molecule has 2 fully saturated rings. The third kappa shape index (κ3) is 1.85. The summed E-state index contributed by atoms with van der Waals surface area (Å²) in [5.74, 6) is 0.105. The summed E-state index contributed by atoms with van der Waals surface area (Å²) in [6.45, 7) is 1.15. The fourth-order valence-electron chi connectivity index (χ4n) is 2.30. The van der Waals surface area contributed by atoms with E-state index < -0.39 is 0 Å². The molecule has 14 heavy (non-hydrogen) atoms. The van der Waals surface area contributed by atoms with Crippen molar-refractivity contribution in [3.8, 4) is 0 Å². The van der Waals surface area contributed by atoms with Crippen LogP contribution in [0.25, 0.3) is 0 Å². The maximum absolute atomic E-state index is 11.5. The molecule has 0 spiro atoms. The van der Waals surface area contributed by atoms with Crippen LogP contribution in [0.4, 0.5) is 4.79 Å². The van der Waals surface area contributed by atoms with Gasteiger partial charge in [0.15, 0.2) is 0 Å². The predicted octanol–water partition coefficient (Wildman–Crippen LogP) is 0.990. The van der Waals surface area contributed by atoms with Crippen molar-refractivity contribution >= 4 is 6.09 Å². The van der Waals surface area contributed by atoms with Gasteiger partial charge in [0, 0.05) is 18.5 Å². The van der Waals surface area contributed by atoms with Crippen LogP contribution in [0.3, 0.4) is 0 Å². The topological polar surface area (TPSA) is 49.8 Å². The van der Waals surface area contributed by atoms with Crippen LogP contribution in [-0.4, -0.2) is 41.9 Å². The van der Waals surface area contributed by atoms with Gasteiger partial charge < -0.3 is 14.7 Å². The maximum Gasteiger partial charge on any atom is 0.410 e. The van der Waals surface area contributed by atoms with Crippen molar-refractivity contribution in [1.29, 1.82) is 0 Å². The van der Waals surface area contributed by atoms with E-state index in [-0.39, 0.29) is 18.6 Å². The monoisotopic (exact) mass is 199 g/mol. The van der Waals surface area contributed by atoms with E-state index in [4.69, 9.17) is 9.84 Å². The molecule has 1 aliphatic carbocycles. The SMILES string of the molecule is O=C1OCC(CO)CN1C1CCCC1. The van der Waals surface area contributed by atoms with Gasteiger partial charge >= 0.3 is 6.09 Å². The Bertz CT molecular complexity index is 213. The molecule has 80 valence electrons. The highest BCUT2D eigenvalue weighted by molar-refractivity contribution is 5.68. The van der Waals surface area contributed by atoms with Crippen LogP contribution in [-0.2, 0) is 4.74 Å². The number of hydrogen-bond donors (Lipinski definition) is 1. The molecule has 2 rings (SSSR count). The molecule has 1 atom stereocenters. The molecule has 2 aliphatic rings. The second-order valence-corrected chi connectivity index (χ2v) is 4.22. The zero-order valence-corrected chi connectivity index (χ0v) is 8.32. The summed E-state index contributed by atoms with van der Waals surface area (Å²) in [6, 6.07) is 0.358. The lowest BCUT2D eigenvalue weighted by atomic mass is 10.1. The zero-order valence-electron chi connectivity index (χ0n) is 8.32.